The number of aromatic nitrogens is 3. The number of carbonyl (C=O) groups is 2. The van der Waals surface area contributed by atoms with Gasteiger partial charge in [-0.25, -0.2) is 9.69 Å². The molecule has 3 rings (SSSR count). The molecule has 1 amide bonds. The van der Waals surface area contributed by atoms with E-state index >= 15 is 0 Å². The van der Waals surface area contributed by atoms with Gasteiger partial charge in [-0.15, -0.1) is 10.2 Å². The Hall–Kier alpha value is -2.55. The van der Waals surface area contributed by atoms with E-state index in [2.05, 4.69) is 10.2 Å². The summed E-state index contributed by atoms with van der Waals surface area (Å²) < 4.78 is 12.1. The topological polar surface area (TPSA) is 86.6 Å². The zero-order valence-electron chi connectivity index (χ0n) is 13.0. The summed E-state index contributed by atoms with van der Waals surface area (Å²) in [5, 5.41) is 9.97. The van der Waals surface area contributed by atoms with Gasteiger partial charge < -0.3 is 9.47 Å². The highest BCUT2D eigenvalue weighted by Crippen LogP contribution is 2.23. The summed E-state index contributed by atoms with van der Waals surface area (Å²) in [6.07, 6.45) is 0. The van der Waals surface area contributed by atoms with Crippen LogP contribution < -0.4 is 9.75 Å². The first-order chi connectivity index (χ1) is 11.7. The molecule has 0 fully saturated rings. The molecule has 126 valence electrons. The molecular weight excluding hydrogens is 332 g/mol. The second-order valence-corrected chi connectivity index (χ2v) is 5.80. The molecule has 0 saturated carbocycles. The highest BCUT2D eigenvalue weighted by Gasteiger charge is 2.31. The minimum Gasteiger partial charge on any atom is -0.486 e. The Balaban J connectivity index is 1.79. The van der Waals surface area contributed by atoms with Gasteiger partial charge in [0.05, 0.1) is 12.4 Å². The van der Waals surface area contributed by atoms with Crippen LogP contribution in [0.15, 0.2) is 35.5 Å². The molecule has 0 bridgehead atoms. The van der Waals surface area contributed by atoms with E-state index in [1.165, 1.54) is 21.4 Å². The average molecular weight is 348 g/mol. The summed E-state index contributed by atoms with van der Waals surface area (Å²) in [5.74, 6) is 0.644. The second kappa shape index (κ2) is 7.35. The van der Waals surface area contributed by atoms with Gasteiger partial charge in [0.25, 0.3) is 5.91 Å². The van der Waals surface area contributed by atoms with Crippen molar-refractivity contribution in [3.63, 3.8) is 0 Å². The summed E-state index contributed by atoms with van der Waals surface area (Å²) in [7, 11) is 0. The molecular formula is C15H16N4O4S. The maximum atomic E-state index is 12.2. The summed E-state index contributed by atoms with van der Waals surface area (Å²) in [4.78, 5) is 24.0. The fraction of sp³-hybridized carbons (Fsp3) is 0.333. The maximum absolute atomic E-state index is 12.2. The van der Waals surface area contributed by atoms with Crippen molar-refractivity contribution >= 4 is 23.6 Å². The van der Waals surface area contributed by atoms with E-state index < -0.39 is 5.97 Å². The van der Waals surface area contributed by atoms with Gasteiger partial charge in [-0.3, -0.25) is 9.59 Å². The standard InChI is InChI=1S/C15H16N4O4S/c1-2-22-14(21)8-18-13(20)10-24-15-17-16-12(19(15)18)9-23-11-6-4-3-5-7-11/h3-7H,2,8-10H2,1H3. The molecule has 1 aromatic heterocycles. The van der Waals surface area contributed by atoms with Crippen LogP contribution in [-0.2, 0) is 20.9 Å². The van der Waals surface area contributed by atoms with E-state index in [1.54, 1.807) is 6.92 Å². The second-order valence-electron chi connectivity index (χ2n) is 4.86. The molecule has 1 aliphatic rings. The molecule has 1 aliphatic heterocycles. The van der Waals surface area contributed by atoms with Gasteiger partial charge in [0.15, 0.2) is 5.82 Å². The Labute approximate surface area is 142 Å². The number of hydrogen-bond donors (Lipinski definition) is 0. The number of amides is 1. The third kappa shape index (κ3) is 3.51. The van der Waals surface area contributed by atoms with Crippen molar-refractivity contribution in [1.82, 2.24) is 14.9 Å². The number of ether oxygens (including phenoxy) is 2. The van der Waals surface area contributed by atoms with Gasteiger partial charge in [-0.2, -0.15) is 0 Å². The van der Waals surface area contributed by atoms with E-state index in [1.807, 2.05) is 30.3 Å². The van der Waals surface area contributed by atoms with E-state index in [9.17, 15) is 9.59 Å². The molecule has 1 aromatic carbocycles. The van der Waals surface area contributed by atoms with Crippen molar-refractivity contribution in [2.24, 2.45) is 0 Å². The van der Waals surface area contributed by atoms with Crippen LogP contribution >= 0.6 is 11.8 Å². The molecule has 0 saturated heterocycles. The van der Waals surface area contributed by atoms with E-state index in [4.69, 9.17) is 9.47 Å². The normalized spacial score (nSPS) is 13.5. The Morgan fingerprint density at radius 1 is 1.29 bits per heavy atom. The Morgan fingerprint density at radius 2 is 2.08 bits per heavy atom. The number of thioether (sulfide) groups is 1. The molecule has 0 atom stereocenters. The number of para-hydroxylation sites is 1. The lowest BCUT2D eigenvalue weighted by molar-refractivity contribution is -0.142. The zero-order valence-corrected chi connectivity index (χ0v) is 13.9. The van der Waals surface area contributed by atoms with Gasteiger partial charge >= 0.3 is 5.97 Å². The van der Waals surface area contributed by atoms with Crippen LogP contribution in [0, 0.1) is 0 Å². The zero-order chi connectivity index (χ0) is 16.9. The number of rotatable bonds is 6. The SMILES string of the molecule is CCOC(=O)CN1C(=O)CSc2nnc(COc3ccccc3)n21. The van der Waals surface area contributed by atoms with Gasteiger partial charge in [0.2, 0.25) is 5.16 Å². The minimum absolute atomic E-state index is 0.129. The summed E-state index contributed by atoms with van der Waals surface area (Å²) in [6.45, 7) is 1.92. The molecule has 8 nitrogen and oxygen atoms in total. The lowest BCUT2D eigenvalue weighted by atomic mass is 10.3. The molecule has 2 aromatic rings. The van der Waals surface area contributed by atoms with Crippen molar-refractivity contribution in [2.75, 3.05) is 23.9 Å². The number of esters is 1. The van der Waals surface area contributed by atoms with E-state index in [0.717, 1.165) is 0 Å². The first kappa shape index (κ1) is 16.3. The summed E-state index contributed by atoms with van der Waals surface area (Å²) in [5.41, 5.74) is 0. The van der Waals surface area contributed by atoms with Crippen molar-refractivity contribution in [3.8, 4) is 5.75 Å². The summed E-state index contributed by atoms with van der Waals surface area (Å²) in [6, 6.07) is 9.26. The van der Waals surface area contributed by atoms with Crippen LogP contribution in [0.25, 0.3) is 0 Å². The van der Waals surface area contributed by atoms with E-state index in [0.29, 0.717) is 16.7 Å². The Bertz CT molecular complexity index is 734. The molecule has 24 heavy (non-hydrogen) atoms. The number of hydrogen-bond acceptors (Lipinski definition) is 7. The monoisotopic (exact) mass is 348 g/mol. The molecule has 0 N–H and O–H groups in total. The number of nitrogens with zero attached hydrogens (tertiary/aromatic N) is 4. The molecule has 0 radical (unpaired) electrons. The number of fused-ring (bicyclic) bond motifs is 1. The van der Waals surface area contributed by atoms with Crippen molar-refractivity contribution < 1.29 is 19.1 Å². The molecule has 9 heteroatoms. The fourth-order valence-electron chi connectivity index (χ4n) is 2.18. The quantitative estimate of drug-likeness (QED) is 0.720. The van der Waals surface area contributed by atoms with Crippen LogP contribution in [0.5, 0.6) is 5.75 Å². The van der Waals surface area contributed by atoms with Crippen LogP contribution in [0.1, 0.15) is 12.7 Å². The van der Waals surface area contributed by atoms with Gasteiger partial charge in [-0.1, -0.05) is 30.0 Å². The third-order valence-electron chi connectivity index (χ3n) is 3.23. The van der Waals surface area contributed by atoms with Crippen LogP contribution in [0.4, 0.5) is 0 Å². The predicted octanol–water partition coefficient (Wildman–Crippen LogP) is 0.990. The fourth-order valence-corrected chi connectivity index (χ4v) is 3.01. The van der Waals surface area contributed by atoms with Crippen LogP contribution in [0.2, 0.25) is 0 Å². The Kier molecular flexibility index (Phi) is 4.99. The van der Waals surface area contributed by atoms with Crippen molar-refractivity contribution in [2.45, 2.75) is 18.7 Å². The lowest BCUT2D eigenvalue weighted by Gasteiger charge is -2.28. The van der Waals surface area contributed by atoms with Crippen LogP contribution in [0.3, 0.4) is 0 Å². The maximum Gasteiger partial charge on any atom is 0.327 e. The predicted molar refractivity (Wildman–Crippen MR) is 86.2 cm³/mol. The van der Waals surface area contributed by atoms with Gasteiger partial charge in [0, 0.05) is 0 Å². The van der Waals surface area contributed by atoms with Crippen LogP contribution in [-0.4, -0.2) is 45.7 Å². The van der Waals surface area contributed by atoms with Gasteiger partial charge in [0.1, 0.15) is 18.9 Å². The lowest BCUT2D eigenvalue weighted by Crippen LogP contribution is -2.48. The molecule has 0 unspecified atom stereocenters. The Morgan fingerprint density at radius 3 is 2.83 bits per heavy atom. The minimum atomic E-state index is -0.479. The summed E-state index contributed by atoms with van der Waals surface area (Å²) >= 11 is 1.27. The smallest absolute Gasteiger partial charge is 0.327 e. The first-order valence-corrected chi connectivity index (χ1v) is 8.38. The molecule has 0 spiro atoms. The highest BCUT2D eigenvalue weighted by atomic mass is 32.2. The van der Waals surface area contributed by atoms with E-state index in [-0.39, 0.29) is 31.4 Å². The third-order valence-corrected chi connectivity index (χ3v) is 4.13. The number of benzene rings is 1. The largest absolute Gasteiger partial charge is 0.486 e. The first-order valence-electron chi connectivity index (χ1n) is 7.40. The number of carbonyl (C=O) groups excluding carboxylic acids is 2. The van der Waals surface area contributed by atoms with Crippen molar-refractivity contribution in [1.29, 1.82) is 0 Å². The molecule has 2 heterocycles. The van der Waals surface area contributed by atoms with Crippen molar-refractivity contribution in [3.05, 3.63) is 36.2 Å². The molecule has 0 aliphatic carbocycles. The highest BCUT2D eigenvalue weighted by molar-refractivity contribution is 7.99. The average Bonchev–Trinajstić information content (AvgIpc) is 3.00. The van der Waals surface area contributed by atoms with Gasteiger partial charge in [-0.05, 0) is 19.1 Å².